The molecule has 6 nitrogen and oxygen atoms in total. The van der Waals surface area contributed by atoms with Gasteiger partial charge in [-0.05, 0) is 37.9 Å². The highest BCUT2D eigenvalue weighted by molar-refractivity contribution is 9.11. The van der Waals surface area contributed by atoms with E-state index in [-0.39, 0.29) is 11.7 Å². The van der Waals surface area contributed by atoms with Crippen molar-refractivity contribution in [2.75, 3.05) is 12.4 Å². The highest BCUT2D eigenvalue weighted by Crippen LogP contribution is 2.34. The summed E-state index contributed by atoms with van der Waals surface area (Å²) in [5.41, 5.74) is 0.580. The van der Waals surface area contributed by atoms with Gasteiger partial charge in [-0.3, -0.25) is 9.89 Å². The van der Waals surface area contributed by atoms with Crippen LogP contribution in [0.25, 0.3) is 0 Å². The molecule has 0 aliphatic carbocycles. The number of aromatic amines is 1. The van der Waals surface area contributed by atoms with Gasteiger partial charge in [0.1, 0.15) is 12.1 Å². The maximum absolute atomic E-state index is 11.8. The number of anilines is 1. The van der Waals surface area contributed by atoms with Gasteiger partial charge in [-0.15, -0.1) is 0 Å². The van der Waals surface area contributed by atoms with Crippen LogP contribution < -0.4 is 10.1 Å². The van der Waals surface area contributed by atoms with Gasteiger partial charge in [0, 0.05) is 10.5 Å². The van der Waals surface area contributed by atoms with E-state index in [4.69, 9.17) is 4.74 Å². The average molecular weight is 376 g/mol. The zero-order valence-electron chi connectivity index (χ0n) is 9.20. The topological polar surface area (TPSA) is 79.9 Å². The van der Waals surface area contributed by atoms with Gasteiger partial charge in [-0.2, -0.15) is 5.10 Å². The molecule has 2 aromatic rings. The number of carbonyl (C=O) groups is 1. The summed E-state index contributed by atoms with van der Waals surface area (Å²) in [6.45, 7) is 0. The number of benzene rings is 1. The summed E-state index contributed by atoms with van der Waals surface area (Å²) in [4.78, 5) is 15.6. The summed E-state index contributed by atoms with van der Waals surface area (Å²) in [6.07, 6.45) is 1.27. The molecule has 94 valence electrons. The lowest BCUT2D eigenvalue weighted by Gasteiger charge is -2.10. The minimum atomic E-state index is -0.377. The lowest BCUT2D eigenvalue weighted by molar-refractivity contribution is 0.101. The van der Waals surface area contributed by atoms with Crippen LogP contribution in [-0.2, 0) is 0 Å². The molecule has 0 fully saturated rings. The van der Waals surface area contributed by atoms with Crippen LogP contribution in [0.4, 0.5) is 5.69 Å². The molecule has 0 unspecified atom stereocenters. The Labute approximate surface area is 119 Å². The summed E-state index contributed by atoms with van der Waals surface area (Å²) < 4.78 is 6.67. The van der Waals surface area contributed by atoms with E-state index in [1.54, 1.807) is 19.2 Å². The first-order valence-corrected chi connectivity index (χ1v) is 6.40. The Morgan fingerprint density at radius 2 is 2.17 bits per heavy atom. The Bertz CT molecular complexity index is 572. The van der Waals surface area contributed by atoms with E-state index in [2.05, 4.69) is 52.4 Å². The van der Waals surface area contributed by atoms with Crippen LogP contribution in [0.2, 0.25) is 0 Å². The molecule has 2 N–H and O–H groups in total. The number of nitrogens with one attached hydrogen (secondary N) is 2. The molecule has 0 bridgehead atoms. The summed E-state index contributed by atoms with van der Waals surface area (Å²) in [5, 5.41) is 8.80. The van der Waals surface area contributed by atoms with Crippen LogP contribution in [0.15, 0.2) is 27.4 Å². The van der Waals surface area contributed by atoms with Crippen molar-refractivity contribution in [3.05, 3.63) is 33.2 Å². The molecule has 0 aliphatic heterocycles. The van der Waals surface area contributed by atoms with Crippen molar-refractivity contribution < 1.29 is 9.53 Å². The summed E-state index contributed by atoms with van der Waals surface area (Å²) >= 11 is 6.71. The fraction of sp³-hybridized carbons (Fsp3) is 0.100. The number of nitrogens with zero attached hydrogens (tertiary/aromatic N) is 2. The zero-order valence-corrected chi connectivity index (χ0v) is 12.4. The number of carbonyl (C=O) groups excluding carboxylic acids is 1. The van der Waals surface area contributed by atoms with E-state index in [9.17, 15) is 4.79 Å². The lowest BCUT2D eigenvalue weighted by atomic mass is 10.3. The van der Waals surface area contributed by atoms with E-state index in [0.29, 0.717) is 11.4 Å². The second-order valence-corrected chi connectivity index (χ2v) is 4.96. The van der Waals surface area contributed by atoms with Crippen molar-refractivity contribution in [3.63, 3.8) is 0 Å². The van der Waals surface area contributed by atoms with Gasteiger partial charge in [0.25, 0.3) is 5.91 Å². The van der Waals surface area contributed by atoms with E-state index in [1.807, 2.05) is 0 Å². The smallest absolute Gasteiger partial charge is 0.293 e. The Morgan fingerprint density at radius 1 is 1.39 bits per heavy atom. The SMILES string of the molecule is COc1cc(NC(=O)c2ncn[nH]2)c(Br)cc1Br. The van der Waals surface area contributed by atoms with Crippen LogP contribution in [0.5, 0.6) is 5.75 Å². The highest BCUT2D eigenvalue weighted by Gasteiger charge is 2.13. The Kier molecular flexibility index (Phi) is 3.97. The van der Waals surface area contributed by atoms with Crippen molar-refractivity contribution in [2.24, 2.45) is 0 Å². The molecule has 0 atom stereocenters. The van der Waals surface area contributed by atoms with Crippen LogP contribution in [0.3, 0.4) is 0 Å². The van der Waals surface area contributed by atoms with Gasteiger partial charge in [0.15, 0.2) is 0 Å². The first-order chi connectivity index (χ1) is 8.61. The highest BCUT2D eigenvalue weighted by atomic mass is 79.9. The number of hydrogen-bond donors (Lipinski definition) is 2. The standard InChI is InChI=1S/C10H8Br2N4O2/c1-18-8-3-7(5(11)2-6(8)12)15-10(17)9-13-4-14-16-9/h2-4H,1H3,(H,15,17)(H,13,14,16). The molecule has 8 heteroatoms. The number of rotatable bonds is 3. The maximum atomic E-state index is 11.8. The largest absolute Gasteiger partial charge is 0.495 e. The van der Waals surface area contributed by atoms with Crippen LogP contribution >= 0.6 is 31.9 Å². The van der Waals surface area contributed by atoms with Gasteiger partial charge >= 0.3 is 0 Å². The van der Waals surface area contributed by atoms with Crippen LogP contribution in [0, 0.1) is 0 Å². The van der Waals surface area contributed by atoms with Crippen molar-refractivity contribution in [1.82, 2.24) is 15.2 Å². The first kappa shape index (κ1) is 13.0. The van der Waals surface area contributed by atoms with Crippen LogP contribution in [0.1, 0.15) is 10.6 Å². The number of halogens is 2. The van der Waals surface area contributed by atoms with E-state index in [0.717, 1.165) is 8.95 Å². The second-order valence-electron chi connectivity index (χ2n) is 3.25. The number of aromatic nitrogens is 3. The van der Waals surface area contributed by atoms with Crippen molar-refractivity contribution in [2.45, 2.75) is 0 Å². The molecular weight excluding hydrogens is 368 g/mol. The molecule has 0 aliphatic rings. The minimum absolute atomic E-state index is 0.142. The van der Waals surface area contributed by atoms with Crippen LogP contribution in [-0.4, -0.2) is 28.2 Å². The van der Waals surface area contributed by atoms with Gasteiger partial charge in [-0.1, -0.05) is 0 Å². The maximum Gasteiger partial charge on any atom is 0.293 e. The van der Waals surface area contributed by atoms with E-state index >= 15 is 0 Å². The normalized spacial score (nSPS) is 10.2. The Hall–Kier alpha value is -1.41. The molecular formula is C10H8Br2N4O2. The van der Waals surface area contributed by atoms with Crippen molar-refractivity contribution >= 4 is 43.5 Å². The fourth-order valence-electron chi connectivity index (χ4n) is 1.28. The third kappa shape index (κ3) is 2.70. The fourth-order valence-corrected chi connectivity index (χ4v) is 2.53. The van der Waals surface area contributed by atoms with Crippen molar-refractivity contribution in [1.29, 1.82) is 0 Å². The molecule has 0 saturated carbocycles. The molecule has 0 radical (unpaired) electrons. The van der Waals surface area contributed by atoms with E-state index < -0.39 is 0 Å². The van der Waals surface area contributed by atoms with E-state index in [1.165, 1.54) is 6.33 Å². The predicted octanol–water partition coefficient (Wildman–Crippen LogP) is 2.59. The molecule has 1 aromatic carbocycles. The lowest BCUT2D eigenvalue weighted by Crippen LogP contribution is -2.14. The third-order valence-corrected chi connectivity index (χ3v) is 3.40. The summed E-state index contributed by atoms with van der Waals surface area (Å²) in [5.74, 6) is 0.382. The third-order valence-electron chi connectivity index (χ3n) is 2.12. The molecule has 0 saturated heterocycles. The Balaban J connectivity index is 2.26. The molecule has 1 amide bonds. The van der Waals surface area contributed by atoms with Gasteiger partial charge < -0.3 is 10.1 Å². The monoisotopic (exact) mass is 374 g/mol. The molecule has 1 heterocycles. The number of amides is 1. The quantitative estimate of drug-likeness (QED) is 0.864. The van der Waals surface area contributed by atoms with Gasteiger partial charge in [-0.25, -0.2) is 4.98 Å². The number of hydrogen-bond acceptors (Lipinski definition) is 4. The zero-order chi connectivity index (χ0) is 13.1. The number of ether oxygens (including phenoxy) is 1. The van der Waals surface area contributed by atoms with Gasteiger partial charge in [0.05, 0.1) is 17.3 Å². The average Bonchev–Trinajstić information content (AvgIpc) is 2.86. The van der Waals surface area contributed by atoms with Gasteiger partial charge in [0.2, 0.25) is 5.82 Å². The molecule has 0 spiro atoms. The summed E-state index contributed by atoms with van der Waals surface area (Å²) in [7, 11) is 1.55. The molecule has 1 aromatic heterocycles. The number of methoxy groups -OCH3 is 1. The molecule has 18 heavy (non-hydrogen) atoms. The Morgan fingerprint density at radius 3 is 2.78 bits per heavy atom. The first-order valence-electron chi connectivity index (χ1n) is 4.81. The summed E-state index contributed by atoms with van der Waals surface area (Å²) in [6, 6.07) is 3.48. The second kappa shape index (κ2) is 5.49. The minimum Gasteiger partial charge on any atom is -0.495 e. The molecule has 2 rings (SSSR count). The number of H-pyrrole nitrogens is 1. The predicted molar refractivity (Wildman–Crippen MR) is 72.7 cm³/mol. The van der Waals surface area contributed by atoms with Crippen molar-refractivity contribution in [3.8, 4) is 5.75 Å².